The number of nitrogens with zero attached hydrogens (tertiary/aromatic N) is 1. The topological polar surface area (TPSA) is 29.3 Å². The molecule has 0 spiro atoms. The molecule has 0 radical (unpaired) electrons. The molecule has 0 aliphatic carbocycles. The molecule has 0 aromatic heterocycles. The van der Waals surface area contributed by atoms with E-state index in [0.29, 0.717) is 12.0 Å². The predicted molar refractivity (Wildman–Crippen MR) is 85.8 cm³/mol. The van der Waals surface area contributed by atoms with E-state index in [9.17, 15) is 0 Å². The second-order valence-electron chi connectivity index (χ2n) is 5.72. The largest absolute Gasteiger partial charge is 0.368 e. The summed E-state index contributed by atoms with van der Waals surface area (Å²) in [5, 5.41) is 0. The first-order valence-electron chi connectivity index (χ1n) is 7.67. The Hall–Kier alpha value is -1.02. The van der Waals surface area contributed by atoms with Crippen LogP contribution in [0.4, 0.5) is 5.69 Å². The van der Waals surface area contributed by atoms with Crippen LogP contribution in [0.25, 0.3) is 0 Å². The van der Waals surface area contributed by atoms with Gasteiger partial charge in [0.05, 0.1) is 0 Å². The highest BCUT2D eigenvalue weighted by atomic mass is 15.2. The van der Waals surface area contributed by atoms with Crippen molar-refractivity contribution >= 4 is 5.69 Å². The van der Waals surface area contributed by atoms with E-state index >= 15 is 0 Å². The van der Waals surface area contributed by atoms with E-state index in [-0.39, 0.29) is 0 Å². The maximum absolute atomic E-state index is 5.61. The molecule has 2 heteroatoms. The average Bonchev–Trinajstić information content (AvgIpc) is 2.40. The van der Waals surface area contributed by atoms with E-state index in [1.807, 2.05) is 0 Å². The lowest BCUT2D eigenvalue weighted by Gasteiger charge is -2.34. The molecular weight excluding hydrogens is 232 g/mol. The summed E-state index contributed by atoms with van der Waals surface area (Å²) < 4.78 is 0. The number of hydrogen-bond donors (Lipinski definition) is 1. The summed E-state index contributed by atoms with van der Waals surface area (Å²) >= 11 is 0. The van der Waals surface area contributed by atoms with E-state index in [2.05, 4.69) is 56.9 Å². The van der Waals surface area contributed by atoms with E-state index in [1.165, 1.54) is 24.1 Å². The third-order valence-corrected chi connectivity index (χ3v) is 3.65. The monoisotopic (exact) mass is 262 g/mol. The van der Waals surface area contributed by atoms with Crippen LogP contribution in [0.1, 0.15) is 46.1 Å². The Morgan fingerprint density at radius 3 is 2.05 bits per heavy atom. The van der Waals surface area contributed by atoms with Crippen LogP contribution in [0.2, 0.25) is 0 Å². The maximum atomic E-state index is 5.61. The maximum Gasteiger partial charge on any atom is 0.0368 e. The molecule has 0 saturated carbocycles. The van der Waals surface area contributed by atoms with Gasteiger partial charge in [0.25, 0.3) is 0 Å². The molecule has 0 fully saturated rings. The van der Waals surface area contributed by atoms with Gasteiger partial charge >= 0.3 is 0 Å². The lowest BCUT2D eigenvalue weighted by molar-refractivity contribution is 0.507. The first kappa shape index (κ1) is 16.0. The van der Waals surface area contributed by atoms with Gasteiger partial charge in [-0.25, -0.2) is 0 Å². The van der Waals surface area contributed by atoms with Gasteiger partial charge < -0.3 is 10.6 Å². The summed E-state index contributed by atoms with van der Waals surface area (Å²) in [5.74, 6) is 0.685. The smallest absolute Gasteiger partial charge is 0.0368 e. The Kier molecular flexibility index (Phi) is 6.93. The lowest BCUT2D eigenvalue weighted by Crippen LogP contribution is -2.37. The van der Waals surface area contributed by atoms with E-state index < -0.39 is 0 Å². The van der Waals surface area contributed by atoms with Crippen molar-refractivity contribution in [3.63, 3.8) is 0 Å². The van der Waals surface area contributed by atoms with Crippen molar-refractivity contribution in [2.24, 2.45) is 11.7 Å². The Morgan fingerprint density at radius 1 is 1.05 bits per heavy atom. The van der Waals surface area contributed by atoms with Crippen LogP contribution >= 0.6 is 0 Å². The van der Waals surface area contributed by atoms with Crippen molar-refractivity contribution in [3.8, 4) is 0 Å². The molecule has 2 N–H and O–H groups in total. The minimum atomic E-state index is 0.641. The number of hydrogen-bond acceptors (Lipinski definition) is 2. The highest BCUT2D eigenvalue weighted by molar-refractivity contribution is 5.48. The number of rotatable bonds is 8. The van der Waals surface area contributed by atoms with Gasteiger partial charge in [-0.3, -0.25) is 0 Å². The molecule has 19 heavy (non-hydrogen) atoms. The fraction of sp³-hybridized carbons (Fsp3) is 0.647. The number of benzene rings is 1. The summed E-state index contributed by atoms with van der Waals surface area (Å²) in [7, 11) is 0. The zero-order valence-electron chi connectivity index (χ0n) is 13.0. The van der Waals surface area contributed by atoms with Crippen molar-refractivity contribution in [2.45, 2.75) is 53.0 Å². The molecule has 0 atom stereocenters. The van der Waals surface area contributed by atoms with Gasteiger partial charge in [0.15, 0.2) is 0 Å². The molecule has 0 unspecified atom stereocenters. The highest BCUT2D eigenvalue weighted by Gasteiger charge is 2.16. The number of nitrogens with two attached hydrogens (primary N) is 1. The molecule has 1 rings (SSSR count). The summed E-state index contributed by atoms with van der Waals surface area (Å²) in [4.78, 5) is 2.57. The third kappa shape index (κ3) is 4.87. The van der Waals surface area contributed by atoms with Crippen LogP contribution in [0.15, 0.2) is 24.3 Å². The van der Waals surface area contributed by atoms with Gasteiger partial charge in [-0.15, -0.1) is 0 Å². The van der Waals surface area contributed by atoms with Crippen LogP contribution in [-0.4, -0.2) is 19.1 Å². The first-order chi connectivity index (χ1) is 9.12. The van der Waals surface area contributed by atoms with Crippen LogP contribution in [-0.2, 0) is 6.42 Å². The summed E-state index contributed by atoms with van der Waals surface area (Å²) in [6.45, 7) is 11.0. The standard InChI is InChI=1S/C17H30N2/c1-5-16(6-2)19(13-14(3)4)17-9-7-15(8-10-17)11-12-18/h7-10,14,16H,5-6,11-13,18H2,1-4H3. The van der Waals surface area contributed by atoms with Gasteiger partial charge in [-0.05, 0) is 49.4 Å². The van der Waals surface area contributed by atoms with Gasteiger partial charge in [0.1, 0.15) is 0 Å². The normalized spacial score (nSPS) is 11.3. The van der Waals surface area contributed by atoms with Crippen LogP contribution in [0, 0.1) is 5.92 Å². The summed E-state index contributed by atoms with van der Waals surface area (Å²) in [5.41, 5.74) is 8.29. The van der Waals surface area contributed by atoms with Crippen LogP contribution in [0.5, 0.6) is 0 Å². The van der Waals surface area contributed by atoms with Crippen molar-refractivity contribution < 1.29 is 0 Å². The fourth-order valence-electron chi connectivity index (χ4n) is 2.61. The Balaban J connectivity index is 2.89. The van der Waals surface area contributed by atoms with Gasteiger partial charge in [0.2, 0.25) is 0 Å². The third-order valence-electron chi connectivity index (χ3n) is 3.65. The lowest BCUT2D eigenvalue weighted by atomic mass is 10.0. The molecule has 0 saturated heterocycles. The Bertz CT molecular complexity index is 339. The predicted octanol–water partition coefficient (Wildman–Crippen LogP) is 3.84. The highest BCUT2D eigenvalue weighted by Crippen LogP contribution is 2.22. The first-order valence-corrected chi connectivity index (χ1v) is 7.67. The second-order valence-corrected chi connectivity index (χ2v) is 5.72. The van der Waals surface area contributed by atoms with Gasteiger partial charge in [-0.2, -0.15) is 0 Å². The molecule has 0 heterocycles. The average molecular weight is 262 g/mol. The summed E-state index contributed by atoms with van der Waals surface area (Å²) in [6.07, 6.45) is 3.37. The van der Waals surface area contributed by atoms with Crippen LogP contribution < -0.4 is 10.6 Å². The van der Waals surface area contributed by atoms with Crippen molar-refractivity contribution in [1.82, 2.24) is 0 Å². The molecule has 2 nitrogen and oxygen atoms in total. The molecule has 0 amide bonds. The Labute approximate surface area is 119 Å². The van der Waals surface area contributed by atoms with Crippen molar-refractivity contribution in [1.29, 1.82) is 0 Å². The molecule has 1 aromatic carbocycles. The van der Waals surface area contributed by atoms with Crippen molar-refractivity contribution in [2.75, 3.05) is 18.0 Å². The Morgan fingerprint density at radius 2 is 1.63 bits per heavy atom. The molecule has 1 aromatic rings. The number of anilines is 1. The van der Waals surface area contributed by atoms with Gasteiger partial charge in [-0.1, -0.05) is 39.8 Å². The minimum Gasteiger partial charge on any atom is -0.368 e. The molecule has 0 aliphatic rings. The molecule has 0 bridgehead atoms. The summed E-state index contributed by atoms with van der Waals surface area (Å²) in [6, 6.07) is 9.59. The van der Waals surface area contributed by atoms with E-state index in [4.69, 9.17) is 5.73 Å². The quantitative estimate of drug-likeness (QED) is 0.771. The minimum absolute atomic E-state index is 0.641. The van der Waals surface area contributed by atoms with E-state index in [0.717, 1.165) is 19.5 Å². The van der Waals surface area contributed by atoms with E-state index in [1.54, 1.807) is 0 Å². The second kappa shape index (κ2) is 8.21. The zero-order chi connectivity index (χ0) is 14.3. The fourth-order valence-corrected chi connectivity index (χ4v) is 2.61. The van der Waals surface area contributed by atoms with Crippen LogP contribution in [0.3, 0.4) is 0 Å². The molecular formula is C17H30N2. The van der Waals surface area contributed by atoms with Gasteiger partial charge in [0, 0.05) is 18.3 Å². The molecule has 108 valence electrons. The zero-order valence-corrected chi connectivity index (χ0v) is 13.0. The van der Waals surface area contributed by atoms with Crippen molar-refractivity contribution in [3.05, 3.63) is 29.8 Å². The SMILES string of the molecule is CCC(CC)N(CC(C)C)c1ccc(CCN)cc1. The molecule has 0 aliphatic heterocycles.